The van der Waals surface area contributed by atoms with E-state index in [-0.39, 0.29) is 11.4 Å². The van der Waals surface area contributed by atoms with Gasteiger partial charge in [-0.05, 0) is 30.3 Å². The first-order valence-corrected chi connectivity index (χ1v) is 8.39. The second kappa shape index (κ2) is 6.68. The number of aromatic amines is 1. The van der Waals surface area contributed by atoms with Crippen molar-refractivity contribution in [1.29, 1.82) is 0 Å². The van der Waals surface area contributed by atoms with Gasteiger partial charge in [0, 0.05) is 49.1 Å². The van der Waals surface area contributed by atoms with Crippen LogP contribution in [0.1, 0.15) is 16.8 Å². The van der Waals surface area contributed by atoms with E-state index < -0.39 is 0 Å². The second-order valence-electron chi connectivity index (χ2n) is 6.39. The quantitative estimate of drug-likeness (QED) is 0.706. The molecule has 0 atom stereocenters. The van der Waals surface area contributed by atoms with E-state index in [0.717, 1.165) is 11.3 Å². The summed E-state index contributed by atoms with van der Waals surface area (Å²) in [5, 5.41) is 0. The maximum atomic E-state index is 13.8. The van der Waals surface area contributed by atoms with E-state index in [1.54, 1.807) is 24.4 Å². The summed E-state index contributed by atoms with van der Waals surface area (Å²) in [5.74, 6) is 0.214. The molecule has 2 aromatic heterocycles. The van der Waals surface area contributed by atoms with Crippen molar-refractivity contribution in [3.63, 3.8) is 0 Å². The Bertz CT molecular complexity index is 1000. The first kappa shape index (κ1) is 16.4. The SMILES string of the molecule is Nc1ccc(-c2nc3c(c(=O)[nH]2)CN(Cc2ccncc2F)CC3)cc1. The van der Waals surface area contributed by atoms with Gasteiger partial charge in [-0.15, -0.1) is 0 Å². The molecular formula is C19H18FN5O. The zero-order valence-corrected chi connectivity index (χ0v) is 14.1. The molecule has 0 saturated carbocycles. The molecule has 0 bridgehead atoms. The third-order valence-corrected chi connectivity index (χ3v) is 4.58. The molecule has 0 saturated heterocycles. The lowest BCUT2D eigenvalue weighted by Crippen LogP contribution is -2.35. The van der Waals surface area contributed by atoms with E-state index in [4.69, 9.17) is 5.73 Å². The molecule has 1 aliphatic heterocycles. The van der Waals surface area contributed by atoms with Crippen LogP contribution >= 0.6 is 0 Å². The van der Waals surface area contributed by atoms with Crippen molar-refractivity contribution in [2.75, 3.05) is 12.3 Å². The Hall–Kier alpha value is -3.06. The number of hydrogen-bond acceptors (Lipinski definition) is 5. The molecule has 132 valence electrons. The summed E-state index contributed by atoms with van der Waals surface area (Å²) in [6.45, 7) is 1.60. The van der Waals surface area contributed by atoms with Crippen LogP contribution in [0.3, 0.4) is 0 Å². The predicted octanol–water partition coefficient (Wildman–Crippen LogP) is 2.11. The number of nitrogens with two attached hydrogens (primary N) is 1. The lowest BCUT2D eigenvalue weighted by atomic mass is 10.1. The normalized spacial score (nSPS) is 14.2. The van der Waals surface area contributed by atoms with Crippen LogP contribution in [0.4, 0.5) is 10.1 Å². The summed E-state index contributed by atoms with van der Waals surface area (Å²) in [4.78, 5) is 25.8. The van der Waals surface area contributed by atoms with Crippen molar-refractivity contribution in [3.8, 4) is 11.4 Å². The van der Waals surface area contributed by atoms with Gasteiger partial charge in [0.1, 0.15) is 11.6 Å². The molecule has 0 radical (unpaired) electrons. The number of aromatic nitrogens is 3. The summed E-state index contributed by atoms with van der Waals surface area (Å²) in [5.41, 5.74) is 9.05. The van der Waals surface area contributed by atoms with Crippen molar-refractivity contribution in [2.45, 2.75) is 19.5 Å². The van der Waals surface area contributed by atoms with Gasteiger partial charge < -0.3 is 10.7 Å². The van der Waals surface area contributed by atoms with E-state index in [1.165, 1.54) is 6.20 Å². The molecule has 1 aliphatic rings. The van der Waals surface area contributed by atoms with Gasteiger partial charge in [-0.25, -0.2) is 9.37 Å². The van der Waals surface area contributed by atoms with Crippen molar-refractivity contribution in [3.05, 3.63) is 75.7 Å². The van der Waals surface area contributed by atoms with E-state index in [1.807, 2.05) is 17.0 Å². The molecule has 0 fully saturated rings. The van der Waals surface area contributed by atoms with Crippen LogP contribution in [-0.4, -0.2) is 26.4 Å². The van der Waals surface area contributed by atoms with Gasteiger partial charge in [0.2, 0.25) is 0 Å². The Labute approximate surface area is 149 Å². The molecule has 26 heavy (non-hydrogen) atoms. The Morgan fingerprint density at radius 3 is 2.81 bits per heavy atom. The fourth-order valence-corrected chi connectivity index (χ4v) is 3.17. The number of H-pyrrole nitrogens is 1. The summed E-state index contributed by atoms with van der Waals surface area (Å²) in [6, 6.07) is 8.89. The zero-order valence-electron chi connectivity index (χ0n) is 14.1. The highest BCUT2D eigenvalue weighted by Gasteiger charge is 2.22. The molecule has 4 rings (SSSR count). The van der Waals surface area contributed by atoms with Crippen LogP contribution < -0.4 is 11.3 Å². The highest BCUT2D eigenvalue weighted by atomic mass is 19.1. The molecule has 0 unspecified atom stereocenters. The molecule has 7 heteroatoms. The molecule has 1 aromatic carbocycles. The summed E-state index contributed by atoms with van der Waals surface area (Å²) in [6.07, 6.45) is 3.43. The highest BCUT2D eigenvalue weighted by molar-refractivity contribution is 5.58. The number of nitrogens with one attached hydrogen (secondary N) is 1. The number of nitrogen functional groups attached to an aromatic ring is 1. The standard InChI is InChI=1S/C19H18FN5O/c20-16-9-22-7-5-13(16)10-25-8-6-17-15(11-25)19(26)24-18(23-17)12-1-3-14(21)4-2-12/h1-5,7,9H,6,8,10-11,21H2,(H,23,24,26). The van der Waals surface area contributed by atoms with Crippen LogP contribution in [0.25, 0.3) is 11.4 Å². The molecule has 6 nitrogen and oxygen atoms in total. The fourth-order valence-electron chi connectivity index (χ4n) is 3.17. The number of anilines is 1. The Balaban J connectivity index is 1.59. The second-order valence-corrected chi connectivity index (χ2v) is 6.39. The molecule has 0 spiro atoms. The minimum Gasteiger partial charge on any atom is -0.399 e. The van der Waals surface area contributed by atoms with Crippen LogP contribution in [0.5, 0.6) is 0 Å². The fraction of sp³-hybridized carbons (Fsp3) is 0.211. The smallest absolute Gasteiger partial charge is 0.255 e. The Kier molecular flexibility index (Phi) is 4.22. The van der Waals surface area contributed by atoms with E-state index in [2.05, 4.69) is 15.0 Å². The average Bonchev–Trinajstić information content (AvgIpc) is 2.64. The minimum atomic E-state index is -0.330. The van der Waals surface area contributed by atoms with E-state index in [0.29, 0.717) is 48.7 Å². The highest BCUT2D eigenvalue weighted by Crippen LogP contribution is 2.21. The van der Waals surface area contributed by atoms with E-state index >= 15 is 0 Å². The largest absolute Gasteiger partial charge is 0.399 e. The van der Waals surface area contributed by atoms with E-state index in [9.17, 15) is 9.18 Å². The number of hydrogen-bond donors (Lipinski definition) is 2. The van der Waals surface area contributed by atoms with Gasteiger partial charge in [-0.3, -0.25) is 14.7 Å². The number of halogens is 1. The average molecular weight is 351 g/mol. The van der Waals surface area contributed by atoms with Gasteiger partial charge in [-0.2, -0.15) is 0 Å². The Morgan fingerprint density at radius 1 is 1.23 bits per heavy atom. The molecule has 0 aliphatic carbocycles. The third-order valence-electron chi connectivity index (χ3n) is 4.58. The van der Waals surface area contributed by atoms with Crippen molar-refractivity contribution >= 4 is 5.69 Å². The lowest BCUT2D eigenvalue weighted by Gasteiger charge is -2.27. The van der Waals surface area contributed by atoms with Gasteiger partial charge in [0.15, 0.2) is 0 Å². The van der Waals surface area contributed by atoms with Gasteiger partial charge in [0.25, 0.3) is 5.56 Å². The number of pyridine rings is 1. The van der Waals surface area contributed by atoms with Crippen LogP contribution in [0.2, 0.25) is 0 Å². The summed E-state index contributed by atoms with van der Waals surface area (Å²) >= 11 is 0. The Morgan fingerprint density at radius 2 is 2.04 bits per heavy atom. The van der Waals surface area contributed by atoms with Crippen molar-refractivity contribution in [2.24, 2.45) is 0 Å². The summed E-state index contributed by atoms with van der Waals surface area (Å²) < 4.78 is 13.8. The molecule has 3 N–H and O–H groups in total. The first-order valence-electron chi connectivity index (χ1n) is 8.39. The number of fused-ring (bicyclic) bond motifs is 1. The lowest BCUT2D eigenvalue weighted by molar-refractivity contribution is 0.238. The molecular weight excluding hydrogens is 333 g/mol. The van der Waals surface area contributed by atoms with Crippen LogP contribution in [0.15, 0.2) is 47.5 Å². The topological polar surface area (TPSA) is 87.9 Å². The summed E-state index contributed by atoms with van der Waals surface area (Å²) in [7, 11) is 0. The maximum Gasteiger partial charge on any atom is 0.255 e. The molecule has 3 aromatic rings. The third kappa shape index (κ3) is 3.21. The maximum absolute atomic E-state index is 13.8. The van der Waals surface area contributed by atoms with Crippen molar-refractivity contribution < 1.29 is 4.39 Å². The monoisotopic (exact) mass is 351 g/mol. The number of nitrogens with zero attached hydrogens (tertiary/aromatic N) is 3. The molecule has 0 amide bonds. The number of benzene rings is 1. The van der Waals surface area contributed by atoms with Crippen LogP contribution in [0, 0.1) is 5.82 Å². The van der Waals surface area contributed by atoms with Gasteiger partial charge in [-0.1, -0.05) is 0 Å². The predicted molar refractivity (Wildman–Crippen MR) is 96.7 cm³/mol. The molecule has 3 heterocycles. The zero-order chi connectivity index (χ0) is 18.1. The van der Waals surface area contributed by atoms with Gasteiger partial charge in [0.05, 0.1) is 17.5 Å². The van der Waals surface area contributed by atoms with Gasteiger partial charge >= 0.3 is 0 Å². The number of rotatable bonds is 3. The first-order chi connectivity index (χ1) is 12.6. The minimum absolute atomic E-state index is 0.151. The van der Waals surface area contributed by atoms with Crippen molar-refractivity contribution in [1.82, 2.24) is 19.9 Å². The van der Waals surface area contributed by atoms with Crippen LogP contribution in [-0.2, 0) is 19.5 Å².